The Kier molecular flexibility index (Phi) is 8.38. The van der Waals surface area contributed by atoms with Crippen LogP contribution in [0.2, 0.25) is 0 Å². The van der Waals surface area contributed by atoms with Crippen molar-refractivity contribution in [3.63, 3.8) is 0 Å². The lowest BCUT2D eigenvalue weighted by Gasteiger charge is -2.36. The van der Waals surface area contributed by atoms with Crippen LogP contribution in [-0.2, 0) is 17.6 Å². The normalized spacial score (nSPS) is 13.4. The SMILES string of the molecule is CCOC(=O)c1ccc(NC(=O)N2CCN(c3nc(C)nc(CC)c3Cc3ccc(C)cc3)CC2)cc1. The van der Waals surface area contributed by atoms with Crippen molar-refractivity contribution in [3.05, 3.63) is 82.3 Å². The molecule has 0 atom stereocenters. The van der Waals surface area contributed by atoms with Gasteiger partial charge in [0.25, 0.3) is 0 Å². The lowest BCUT2D eigenvalue weighted by molar-refractivity contribution is 0.0526. The number of aromatic nitrogens is 2. The summed E-state index contributed by atoms with van der Waals surface area (Å²) in [5.74, 6) is 1.37. The molecule has 1 fully saturated rings. The molecule has 0 radical (unpaired) electrons. The van der Waals surface area contributed by atoms with Crippen LogP contribution in [-0.4, -0.2) is 59.7 Å². The molecule has 0 unspecified atom stereocenters. The van der Waals surface area contributed by atoms with Crippen LogP contribution >= 0.6 is 0 Å². The highest BCUT2D eigenvalue weighted by molar-refractivity contribution is 5.92. The minimum Gasteiger partial charge on any atom is -0.462 e. The molecule has 0 saturated carbocycles. The monoisotopic (exact) mass is 501 g/mol. The van der Waals surface area contributed by atoms with E-state index in [9.17, 15) is 9.59 Å². The molecule has 8 nitrogen and oxygen atoms in total. The summed E-state index contributed by atoms with van der Waals surface area (Å²) >= 11 is 0. The van der Waals surface area contributed by atoms with Gasteiger partial charge in [-0.15, -0.1) is 0 Å². The second-order valence-electron chi connectivity index (χ2n) is 9.24. The number of ether oxygens (including phenoxy) is 1. The second kappa shape index (κ2) is 11.9. The van der Waals surface area contributed by atoms with Gasteiger partial charge in [-0.05, 0) is 57.0 Å². The predicted molar refractivity (Wildman–Crippen MR) is 145 cm³/mol. The van der Waals surface area contributed by atoms with Crippen molar-refractivity contribution >= 4 is 23.5 Å². The van der Waals surface area contributed by atoms with E-state index in [2.05, 4.69) is 48.3 Å². The molecule has 1 aliphatic rings. The number of anilines is 2. The van der Waals surface area contributed by atoms with E-state index in [1.807, 2.05) is 11.8 Å². The van der Waals surface area contributed by atoms with Gasteiger partial charge < -0.3 is 19.9 Å². The summed E-state index contributed by atoms with van der Waals surface area (Å²) in [4.78, 5) is 38.4. The second-order valence-corrected chi connectivity index (χ2v) is 9.24. The van der Waals surface area contributed by atoms with Gasteiger partial charge in [0.15, 0.2) is 0 Å². The third kappa shape index (κ3) is 6.44. The van der Waals surface area contributed by atoms with Crippen LogP contribution in [0.25, 0.3) is 0 Å². The van der Waals surface area contributed by atoms with E-state index in [1.54, 1.807) is 31.2 Å². The molecule has 0 bridgehead atoms. The largest absolute Gasteiger partial charge is 0.462 e. The van der Waals surface area contributed by atoms with E-state index in [4.69, 9.17) is 14.7 Å². The number of amides is 2. The molecule has 1 aliphatic heterocycles. The number of carbonyl (C=O) groups excluding carboxylic acids is 2. The fourth-order valence-electron chi connectivity index (χ4n) is 4.51. The molecule has 0 aliphatic carbocycles. The number of hydrogen-bond donors (Lipinski definition) is 1. The Morgan fingerprint density at radius 2 is 1.59 bits per heavy atom. The Bertz CT molecular complexity index is 1230. The molecule has 2 heterocycles. The first-order valence-electron chi connectivity index (χ1n) is 12.9. The van der Waals surface area contributed by atoms with Crippen molar-refractivity contribution < 1.29 is 14.3 Å². The maximum Gasteiger partial charge on any atom is 0.338 e. The summed E-state index contributed by atoms with van der Waals surface area (Å²) in [5.41, 5.74) is 5.82. The maximum absolute atomic E-state index is 12.9. The first kappa shape index (κ1) is 26.1. The van der Waals surface area contributed by atoms with Gasteiger partial charge in [0.2, 0.25) is 0 Å². The Morgan fingerprint density at radius 1 is 0.919 bits per heavy atom. The molecule has 1 saturated heterocycles. The zero-order valence-corrected chi connectivity index (χ0v) is 22.1. The number of nitrogens with zero attached hydrogens (tertiary/aromatic N) is 4. The number of hydrogen-bond acceptors (Lipinski definition) is 6. The van der Waals surface area contributed by atoms with Gasteiger partial charge in [-0.1, -0.05) is 36.8 Å². The number of rotatable bonds is 7. The molecule has 194 valence electrons. The summed E-state index contributed by atoms with van der Waals surface area (Å²) in [5, 5.41) is 2.93. The Balaban J connectivity index is 1.43. The average molecular weight is 502 g/mol. The number of carbonyl (C=O) groups is 2. The lowest BCUT2D eigenvalue weighted by atomic mass is 10.0. The van der Waals surface area contributed by atoms with Crippen molar-refractivity contribution in [3.8, 4) is 0 Å². The molecule has 3 aromatic rings. The van der Waals surface area contributed by atoms with Crippen LogP contribution in [0, 0.1) is 13.8 Å². The smallest absolute Gasteiger partial charge is 0.338 e. The van der Waals surface area contributed by atoms with Crippen molar-refractivity contribution in [2.45, 2.75) is 40.5 Å². The molecule has 2 aromatic carbocycles. The van der Waals surface area contributed by atoms with E-state index in [-0.39, 0.29) is 12.0 Å². The van der Waals surface area contributed by atoms with Crippen molar-refractivity contribution in [2.24, 2.45) is 0 Å². The first-order valence-corrected chi connectivity index (χ1v) is 12.9. The Labute approximate surface area is 218 Å². The summed E-state index contributed by atoms with van der Waals surface area (Å²) in [6.45, 7) is 10.8. The Morgan fingerprint density at radius 3 is 2.22 bits per heavy atom. The van der Waals surface area contributed by atoms with Gasteiger partial charge in [0, 0.05) is 49.5 Å². The Hall–Kier alpha value is -3.94. The van der Waals surface area contributed by atoms with Gasteiger partial charge in [-0.3, -0.25) is 0 Å². The molecular formula is C29H35N5O3. The minimum atomic E-state index is -0.371. The predicted octanol–water partition coefficient (Wildman–Crippen LogP) is 4.78. The van der Waals surface area contributed by atoms with Crippen LogP contribution < -0.4 is 10.2 Å². The van der Waals surface area contributed by atoms with Gasteiger partial charge in [-0.2, -0.15) is 0 Å². The molecule has 1 N–H and O–H groups in total. The van der Waals surface area contributed by atoms with E-state index in [0.717, 1.165) is 35.7 Å². The van der Waals surface area contributed by atoms with Gasteiger partial charge >= 0.3 is 12.0 Å². The first-order chi connectivity index (χ1) is 17.9. The molecular weight excluding hydrogens is 466 g/mol. The van der Waals surface area contributed by atoms with Crippen molar-refractivity contribution in [1.29, 1.82) is 0 Å². The fourth-order valence-corrected chi connectivity index (χ4v) is 4.51. The molecule has 37 heavy (non-hydrogen) atoms. The van der Waals surface area contributed by atoms with Crippen molar-refractivity contribution in [2.75, 3.05) is 43.0 Å². The highest BCUT2D eigenvalue weighted by Crippen LogP contribution is 2.26. The highest BCUT2D eigenvalue weighted by atomic mass is 16.5. The third-order valence-electron chi connectivity index (χ3n) is 6.53. The maximum atomic E-state index is 12.9. The molecule has 4 rings (SSSR count). The number of aryl methyl sites for hydroxylation is 3. The molecule has 8 heteroatoms. The van der Waals surface area contributed by atoms with Crippen LogP contribution in [0.4, 0.5) is 16.3 Å². The van der Waals surface area contributed by atoms with E-state index >= 15 is 0 Å². The molecule has 0 spiro atoms. The summed E-state index contributed by atoms with van der Waals surface area (Å²) in [7, 11) is 0. The highest BCUT2D eigenvalue weighted by Gasteiger charge is 2.25. The summed E-state index contributed by atoms with van der Waals surface area (Å²) in [6.07, 6.45) is 1.62. The number of piperazine rings is 1. The summed E-state index contributed by atoms with van der Waals surface area (Å²) in [6, 6.07) is 15.2. The van der Waals surface area contributed by atoms with E-state index in [1.165, 1.54) is 11.1 Å². The number of urea groups is 1. The quantitative estimate of drug-likeness (QED) is 0.469. The van der Waals surface area contributed by atoms with Gasteiger partial charge in [0.05, 0.1) is 12.2 Å². The molecule has 2 amide bonds. The fraction of sp³-hybridized carbons (Fsp3) is 0.379. The van der Waals surface area contributed by atoms with Crippen LogP contribution in [0.15, 0.2) is 48.5 Å². The molecule has 1 aromatic heterocycles. The van der Waals surface area contributed by atoms with Crippen LogP contribution in [0.5, 0.6) is 0 Å². The number of nitrogens with one attached hydrogen (secondary N) is 1. The van der Waals surface area contributed by atoms with Gasteiger partial charge in [0.1, 0.15) is 11.6 Å². The van der Waals surface area contributed by atoms with Crippen LogP contribution in [0.1, 0.15) is 52.4 Å². The van der Waals surface area contributed by atoms with E-state index < -0.39 is 0 Å². The third-order valence-corrected chi connectivity index (χ3v) is 6.53. The average Bonchev–Trinajstić information content (AvgIpc) is 2.91. The zero-order chi connectivity index (χ0) is 26.4. The van der Waals surface area contributed by atoms with Crippen molar-refractivity contribution in [1.82, 2.24) is 14.9 Å². The standard InChI is InChI=1S/C29H35N5O3/c1-5-26-25(19-22-9-7-20(3)8-10-22)27(31-21(4)30-26)33-15-17-34(18-16-33)29(36)32-24-13-11-23(12-14-24)28(35)37-6-2/h7-14H,5-6,15-19H2,1-4H3,(H,32,36). The number of benzene rings is 2. The van der Waals surface area contributed by atoms with E-state index in [0.29, 0.717) is 44.0 Å². The number of esters is 1. The lowest BCUT2D eigenvalue weighted by Crippen LogP contribution is -2.50. The zero-order valence-electron chi connectivity index (χ0n) is 22.1. The van der Waals surface area contributed by atoms with Gasteiger partial charge in [-0.25, -0.2) is 19.6 Å². The summed E-state index contributed by atoms with van der Waals surface area (Å²) < 4.78 is 5.01. The topological polar surface area (TPSA) is 87.7 Å². The minimum absolute atomic E-state index is 0.156. The van der Waals surface area contributed by atoms with Crippen LogP contribution in [0.3, 0.4) is 0 Å².